The van der Waals surface area contributed by atoms with Crippen LogP contribution < -0.4 is 18.2 Å². The maximum absolute atomic E-state index is 7.00. The fourth-order valence-electron chi connectivity index (χ4n) is 8.40. The quantitative estimate of drug-likeness (QED) is 0.127. The van der Waals surface area contributed by atoms with Crippen LogP contribution in [0.2, 0.25) is 0 Å². The van der Waals surface area contributed by atoms with Crippen LogP contribution in [0.25, 0.3) is 43.1 Å². The fraction of sp³-hybridized carbons (Fsp3) is 0.0980. The van der Waals surface area contributed by atoms with E-state index in [1.54, 1.807) is 0 Å². The molecule has 290 valence electrons. The summed E-state index contributed by atoms with van der Waals surface area (Å²) in [6, 6.07) is 58.4. The van der Waals surface area contributed by atoms with E-state index in [1.807, 2.05) is 50.2 Å². The molecule has 0 N–H and O–H groups in total. The van der Waals surface area contributed by atoms with Crippen LogP contribution in [-0.4, -0.2) is 0 Å². The normalized spacial score (nSPS) is 14.6. The second-order valence-corrected chi connectivity index (χ2v) is 18.7. The van der Waals surface area contributed by atoms with Crippen LogP contribution >= 0.6 is 29.7 Å². The molecule has 0 bridgehead atoms. The Hall–Kier alpha value is -5.86. The Bertz CT molecular complexity index is 2920. The molecule has 9 aromatic carbocycles. The van der Waals surface area contributed by atoms with Gasteiger partial charge in [0.05, 0.1) is 0 Å². The number of fused-ring (bicyclic) bond motifs is 12. The molecule has 0 spiro atoms. The van der Waals surface area contributed by atoms with E-state index in [4.69, 9.17) is 22.8 Å². The average molecular weight is 905 g/mol. The first kappa shape index (κ1) is 36.2. The van der Waals surface area contributed by atoms with Gasteiger partial charge in [-0.15, -0.1) is 0 Å². The third-order valence-electron chi connectivity index (χ3n) is 11.3. The topological polar surface area (TPSA) is 55.4 Å². The van der Waals surface area contributed by atoms with Crippen LogP contribution in [0.3, 0.4) is 0 Å². The predicted molar refractivity (Wildman–Crippen MR) is 246 cm³/mol. The van der Waals surface area contributed by atoms with Gasteiger partial charge in [-0.3, -0.25) is 0 Å². The van der Waals surface area contributed by atoms with E-state index in [-0.39, 0.29) is 0 Å². The van der Waals surface area contributed by atoms with Crippen LogP contribution in [0.4, 0.5) is 0 Å². The molecule has 0 saturated heterocycles. The molecular formula is C51H38IO6P. The Morgan fingerprint density at radius 2 is 0.814 bits per heavy atom. The van der Waals surface area contributed by atoms with Crippen LogP contribution in [0, 0.1) is 0 Å². The molecule has 0 fully saturated rings. The van der Waals surface area contributed by atoms with E-state index < -0.39 is 35.3 Å². The molecule has 0 radical (unpaired) electrons. The second kappa shape index (κ2) is 14.8. The molecule has 2 aliphatic heterocycles. The number of benzene rings is 9. The van der Waals surface area contributed by atoms with E-state index in [0.29, 0.717) is 18.6 Å². The molecule has 11 rings (SSSR count). The summed E-state index contributed by atoms with van der Waals surface area (Å²) < 4.78 is 41.2. The van der Waals surface area contributed by atoms with Gasteiger partial charge in [0.2, 0.25) is 0 Å². The second-order valence-electron chi connectivity index (χ2n) is 15.3. The van der Waals surface area contributed by atoms with Gasteiger partial charge in [0.1, 0.15) is 0 Å². The zero-order valence-corrected chi connectivity index (χ0v) is 35.4. The predicted octanol–water partition coefficient (Wildman–Crippen LogP) is 14.5. The van der Waals surface area contributed by atoms with Gasteiger partial charge in [-0.05, 0) is 0 Å². The minimum atomic E-state index is -3.21. The van der Waals surface area contributed by atoms with Crippen molar-refractivity contribution in [3.05, 3.63) is 198 Å². The van der Waals surface area contributed by atoms with Gasteiger partial charge in [-0.2, -0.15) is 0 Å². The minimum absolute atomic E-state index is 0.618. The Kier molecular flexibility index (Phi) is 9.06. The number of halogens is 1. The Labute approximate surface area is 352 Å². The fourth-order valence-corrected chi connectivity index (χ4v) is 12.3. The van der Waals surface area contributed by atoms with E-state index in [9.17, 15) is 0 Å². The van der Waals surface area contributed by atoms with Gasteiger partial charge in [-0.1, -0.05) is 12.1 Å². The molecule has 0 unspecified atom stereocenters. The van der Waals surface area contributed by atoms with E-state index >= 15 is 0 Å². The Morgan fingerprint density at radius 3 is 1.27 bits per heavy atom. The first-order valence-electron chi connectivity index (χ1n) is 19.7. The van der Waals surface area contributed by atoms with Gasteiger partial charge < -0.3 is 0 Å². The summed E-state index contributed by atoms with van der Waals surface area (Å²) >= 11 is -3.21. The molecule has 0 amide bonds. The molecule has 9 aromatic rings. The molecule has 2 heterocycles. The average Bonchev–Trinajstić information content (AvgIpc) is 3.25. The third-order valence-corrected chi connectivity index (χ3v) is 15.1. The first-order chi connectivity index (χ1) is 28.9. The summed E-state index contributed by atoms with van der Waals surface area (Å²) in [6.07, 6.45) is 1.32. The molecule has 0 atom stereocenters. The first-order valence-corrected chi connectivity index (χ1v) is 23.4. The summed E-state index contributed by atoms with van der Waals surface area (Å²) in [4.78, 5) is 0. The Balaban J connectivity index is 0.967. The van der Waals surface area contributed by atoms with E-state index in [2.05, 4.69) is 133 Å². The van der Waals surface area contributed by atoms with Crippen molar-refractivity contribution >= 4 is 72.8 Å². The summed E-state index contributed by atoms with van der Waals surface area (Å²) in [5, 5.41) is 9.24. The molecule has 0 saturated carbocycles. The van der Waals surface area contributed by atoms with Gasteiger partial charge in [0.15, 0.2) is 0 Å². The monoisotopic (exact) mass is 904 g/mol. The van der Waals surface area contributed by atoms with E-state index in [0.717, 1.165) is 93.9 Å². The number of para-hydroxylation sites is 1. The molecule has 2 aliphatic rings. The summed E-state index contributed by atoms with van der Waals surface area (Å²) in [7, 11) is -1.96. The van der Waals surface area contributed by atoms with Gasteiger partial charge in [0.25, 0.3) is 0 Å². The summed E-state index contributed by atoms with van der Waals surface area (Å²) in [6.45, 7) is 4.05. The van der Waals surface area contributed by atoms with Crippen molar-refractivity contribution in [3.8, 4) is 28.7 Å². The Morgan fingerprint density at radius 1 is 0.441 bits per heavy atom. The summed E-state index contributed by atoms with van der Waals surface area (Å²) in [5.41, 5.74) is 4.33. The maximum atomic E-state index is 7.00. The van der Waals surface area contributed by atoms with Crippen molar-refractivity contribution < 1.29 is 22.8 Å². The molecule has 0 aliphatic carbocycles. The van der Waals surface area contributed by atoms with Crippen molar-refractivity contribution in [3.63, 3.8) is 0 Å². The van der Waals surface area contributed by atoms with Crippen LogP contribution in [0.5, 0.6) is 28.7 Å². The molecule has 8 heteroatoms. The number of rotatable bonds is 5. The van der Waals surface area contributed by atoms with Gasteiger partial charge in [-0.25, -0.2) is 0 Å². The van der Waals surface area contributed by atoms with Crippen molar-refractivity contribution in [2.24, 2.45) is 0 Å². The standard InChI is InChI=1S/C51H38IO6P/c1-51(2,58-59-56-48-29-25-35-15-5-9-19-39(35)43(48)32-44-40-20-10-6-16-36(40)26-30-49(44)57-59)45-21-11-12-22-50(45)55-52-53-46-27-23-33-13-3-7-17-37(33)41(46)31-42-38-18-8-4-14-34(38)24-28-47(42)54-52/h3-30H,31-32H2,1-2H3. The van der Waals surface area contributed by atoms with Crippen molar-refractivity contribution in [2.45, 2.75) is 32.3 Å². The van der Waals surface area contributed by atoms with Crippen LogP contribution in [0.1, 0.15) is 41.7 Å². The molecule has 0 aromatic heterocycles. The van der Waals surface area contributed by atoms with Crippen molar-refractivity contribution in [1.29, 1.82) is 0 Å². The number of hydrogen-bond acceptors (Lipinski definition) is 6. The van der Waals surface area contributed by atoms with Gasteiger partial charge >= 0.3 is 342 Å². The van der Waals surface area contributed by atoms with Gasteiger partial charge in [0, 0.05) is 0 Å². The van der Waals surface area contributed by atoms with Crippen LogP contribution in [-0.2, 0) is 23.0 Å². The van der Waals surface area contributed by atoms with Crippen LogP contribution in [0.15, 0.2) is 170 Å². The van der Waals surface area contributed by atoms with E-state index in [1.165, 1.54) is 0 Å². The molecule has 6 nitrogen and oxygen atoms in total. The molecule has 59 heavy (non-hydrogen) atoms. The zero-order valence-electron chi connectivity index (χ0n) is 32.4. The summed E-state index contributed by atoms with van der Waals surface area (Å²) in [5.74, 6) is 3.66. The third kappa shape index (κ3) is 6.67. The number of hydrogen-bond donors (Lipinski definition) is 0. The molecular weight excluding hydrogens is 866 g/mol. The SMILES string of the molecule is CC(C)(OP1Oc2ccc3ccccc3c2Cc2c(ccc3ccccc23)O1)c1ccccc1OI1Oc2ccc3ccccc3c2Cc2c(ccc3ccccc23)O1. The van der Waals surface area contributed by atoms with Crippen molar-refractivity contribution in [2.75, 3.05) is 0 Å². The zero-order chi connectivity index (χ0) is 39.5. The van der Waals surface area contributed by atoms with Crippen molar-refractivity contribution in [1.82, 2.24) is 0 Å².